The minimum absolute atomic E-state index is 0.121. The standard InChI is InChI=1S/C8H5BrN4O2S/c9-4-1-5(7(14)15)6(10-2-4)16-8-11-3-12-13-8/h1-3H,(H,14,15)(H,11,12,13). The van der Waals surface area contributed by atoms with E-state index in [1.807, 2.05) is 0 Å². The van der Waals surface area contributed by atoms with Gasteiger partial charge >= 0.3 is 5.97 Å². The number of carboxylic acids is 1. The van der Waals surface area contributed by atoms with Crippen molar-refractivity contribution in [1.82, 2.24) is 20.2 Å². The summed E-state index contributed by atoms with van der Waals surface area (Å²) in [5.41, 5.74) is 0.121. The smallest absolute Gasteiger partial charge is 0.338 e. The number of aromatic nitrogens is 4. The average Bonchev–Trinajstić information content (AvgIpc) is 2.73. The van der Waals surface area contributed by atoms with Crippen LogP contribution < -0.4 is 0 Å². The first-order valence-electron chi connectivity index (χ1n) is 4.09. The van der Waals surface area contributed by atoms with Gasteiger partial charge in [-0.15, -0.1) is 0 Å². The monoisotopic (exact) mass is 300 g/mol. The number of halogens is 1. The summed E-state index contributed by atoms with van der Waals surface area (Å²) < 4.78 is 0.617. The van der Waals surface area contributed by atoms with Crippen molar-refractivity contribution in [1.29, 1.82) is 0 Å². The summed E-state index contributed by atoms with van der Waals surface area (Å²) >= 11 is 4.29. The molecule has 0 unspecified atom stereocenters. The number of pyridine rings is 1. The van der Waals surface area contributed by atoms with Crippen LogP contribution in [0.3, 0.4) is 0 Å². The second-order valence-corrected chi connectivity index (χ2v) is 4.60. The third kappa shape index (κ3) is 2.39. The van der Waals surface area contributed by atoms with Gasteiger partial charge in [-0.1, -0.05) is 0 Å². The van der Waals surface area contributed by atoms with E-state index in [0.29, 0.717) is 14.7 Å². The zero-order valence-corrected chi connectivity index (χ0v) is 10.1. The second-order valence-electron chi connectivity index (χ2n) is 2.70. The van der Waals surface area contributed by atoms with E-state index in [1.54, 1.807) is 0 Å². The van der Waals surface area contributed by atoms with Crippen LogP contribution in [0.5, 0.6) is 0 Å². The summed E-state index contributed by atoms with van der Waals surface area (Å²) in [7, 11) is 0. The number of hydrogen-bond donors (Lipinski definition) is 2. The topological polar surface area (TPSA) is 91.8 Å². The van der Waals surface area contributed by atoms with Gasteiger partial charge in [0.05, 0.1) is 5.56 Å². The number of rotatable bonds is 3. The molecular weight excluding hydrogens is 296 g/mol. The van der Waals surface area contributed by atoms with Crippen LogP contribution in [0, 0.1) is 0 Å². The van der Waals surface area contributed by atoms with Gasteiger partial charge in [0.15, 0.2) is 5.16 Å². The molecular formula is C8H5BrN4O2S. The molecule has 0 spiro atoms. The van der Waals surface area contributed by atoms with Gasteiger partial charge in [-0.25, -0.2) is 14.8 Å². The molecule has 16 heavy (non-hydrogen) atoms. The molecule has 0 aliphatic carbocycles. The largest absolute Gasteiger partial charge is 0.478 e. The maximum absolute atomic E-state index is 11.0. The summed E-state index contributed by atoms with van der Waals surface area (Å²) in [5.74, 6) is -1.03. The number of H-pyrrole nitrogens is 1. The highest BCUT2D eigenvalue weighted by Gasteiger charge is 2.14. The number of nitrogens with one attached hydrogen (secondary N) is 1. The van der Waals surface area contributed by atoms with E-state index >= 15 is 0 Å². The number of carboxylic acid groups (broad SMARTS) is 1. The predicted molar refractivity (Wildman–Crippen MR) is 59.4 cm³/mol. The Labute approximate surface area is 103 Å². The molecule has 0 aliphatic heterocycles. The molecule has 2 N–H and O–H groups in total. The molecule has 0 radical (unpaired) electrons. The zero-order valence-electron chi connectivity index (χ0n) is 7.72. The lowest BCUT2D eigenvalue weighted by molar-refractivity contribution is 0.0692. The molecule has 6 nitrogen and oxygen atoms in total. The molecule has 0 saturated carbocycles. The lowest BCUT2D eigenvalue weighted by Gasteiger charge is -2.02. The first-order chi connectivity index (χ1) is 7.66. The maximum Gasteiger partial charge on any atom is 0.338 e. The summed E-state index contributed by atoms with van der Waals surface area (Å²) in [4.78, 5) is 18.9. The Kier molecular flexibility index (Phi) is 3.20. The summed E-state index contributed by atoms with van der Waals surface area (Å²) in [5, 5.41) is 16.2. The van der Waals surface area contributed by atoms with E-state index in [9.17, 15) is 4.79 Å². The SMILES string of the molecule is O=C(O)c1cc(Br)cnc1Sc1ncn[nH]1. The minimum atomic E-state index is -1.03. The third-order valence-corrected chi connectivity index (χ3v) is 2.98. The normalized spacial score (nSPS) is 10.3. The molecule has 2 rings (SSSR count). The van der Waals surface area contributed by atoms with Crippen molar-refractivity contribution in [2.75, 3.05) is 0 Å². The van der Waals surface area contributed by atoms with E-state index in [0.717, 1.165) is 11.8 Å². The van der Waals surface area contributed by atoms with E-state index in [1.165, 1.54) is 18.6 Å². The molecule has 2 heterocycles. The molecule has 0 aliphatic rings. The maximum atomic E-state index is 11.0. The van der Waals surface area contributed by atoms with E-state index in [4.69, 9.17) is 5.11 Å². The average molecular weight is 301 g/mol. The molecule has 0 saturated heterocycles. The Bertz CT molecular complexity index is 517. The highest BCUT2D eigenvalue weighted by Crippen LogP contribution is 2.27. The van der Waals surface area contributed by atoms with Crippen molar-refractivity contribution >= 4 is 33.7 Å². The number of nitrogens with zero attached hydrogens (tertiary/aromatic N) is 3. The molecule has 0 aromatic carbocycles. The quantitative estimate of drug-likeness (QED) is 0.898. The fraction of sp³-hybridized carbons (Fsp3) is 0. The molecule has 2 aromatic heterocycles. The van der Waals surface area contributed by atoms with Gasteiger partial charge in [-0.3, -0.25) is 5.10 Å². The van der Waals surface area contributed by atoms with Gasteiger partial charge in [0.25, 0.3) is 0 Å². The van der Waals surface area contributed by atoms with Gasteiger partial charge < -0.3 is 5.11 Å². The lowest BCUT2D eigenvalue weighted by Crippen LogP contribution is -2.00. The van der Waals surface area contributed by atoms with Crippen molar-refractivity contribution < 1.29 is 9.90 Å². The summed E-state index contributed by atoms with van der Waals surface area (Å²) in [6.07, 6.45) is 2.88. The molecule has 0 atom stereocenters. The molecule has 0 amide bonds. The Balaban J connectivity index is 2.36. The van der Waals surface area contributed by atoms with Crippen LogP contribution in [0.15, 0.2) is 33.2 Å². The minimum Gasteiger partial charge on any atom is -0.478 e. The molecule has 0 fully saturated rings. The predicted octanol–water partition coefficient (Wildman–Crippen LogP) is 1.81. The van der Waals surface area contributed by atoms with Crippen LogP contribution in [0.2, 0.25) is 0 Å². The molecule has 2 aromatic rings. The Morgan fingerprint density at radius 2 is 2.31 bits per heavy atom. The first kappa shape index (κ1) is 11.1. The van der Waals surface area contributed by atoms with Crippen molar-refractivity contribution in [3.8, 4) is 0 Å². The Hall–Kier alpha value is -1.41. The summed E-state index contributed by atoms with van der Waals surface area (Å²) in [6, 6.07) is 1.49. The van der Waals surface area contributed by atoms with E-state index in [-0.39, 0.29) is 5.56 Å². The zero-order chi connectivity index (χ0) is 11.5. The van der Waals surface area contributed by atoms with Gasteiger partial charge in [-0.2, -0.15) is 5.10 Å². The number of hydrogen-bond acceptors (Lipinski definition) is 5. The Morgan fingerprint density at radius 1 is 1.50 bits per heavy atom. The van der Waals surface area contributed by atoms with E-state index < -0.39 is 5.97 Å². The fourth-order valence-electron chi connectivity index (χ4n) is 0.996. The van der Waals surface area contributed by atoms with Crippen LogP contribution >= 0.6 is 27.7 Å². The van der Waals surface area contributed by atoms with Gasteiger partial charge in [0, 0.05) is 10.7 Å². The number of aromatic amines is 1. The second kappa shape index (κ2) is 4.62. The number of carbonyl (C=O) groups is 1. The highest BCUT2D eigenvalue weighted by atomic mass is 79.9. The highest BCUT2D eigenvalue weighted by molar-refractivity contribution is 9.10. The van der Waals surface area contributed by atoms with Crippen LogP contribution in [-0.4, -0.2) is 31.2 Å². The van der Waals surface area contributed by atoms with Crippen LogP contribution in [0.4, 0.5) is 0 Å². The van der Waals surface area contributed by atoms with Gasteiger partial charge in [0.1, 0.15) is 11.4 Å². The van der Waals surface area contributed by atoms with Crippen LogP contribution in [0.1, 0.15) is 10.4 Å². The lowest BCUT2D eigenvalue weighted by atomic mass is 10.3. The van der Waals surface area contributed by atoms with Crippen molar-refractivity contribution in [2.24, 2.45) is 0 Å². The summed E-state index contributed by atoms with van der Waals surface area (Å²) in [6.45, 7) is 0. The third-order valence-electron chi connectivity index (χ3n) is 1.63. The fourth-order valence-corrected chi connectivity index (χ4v) is 2.07. The first-order valence-corrected chi connectivity index (χ1v) is 5.70. The molecule has 0 bridgehead atoms. The van der Waals surface area contributed by atoms with Crippen molar-refractivity contribution in [3.05, 3.63) is 28.6 Å². The van der Waals surface area contributed by atoms with Crippen molar-refractivity contribution in [3.63, 3.8) is 0 Å². The number of aromatic carboxylic acids is 1. The van der Waals surface area contributed by atoms with Crippen LogP contribution in [-0.2, 0) is 0 Å². The van der Waals surface area contributed by atoms with E-state index in [2.05, 4.69) is 36.1 Å². The molecule has 82 valence electrons. The molecule has 8 heteroatoms. The Morgan fingerprint density at radius 3 is 2.94 bits per heavy atom. The van der Waals surface area contributed by atoms with Crippen LogP contribution in [0.25, 0.3) is 0 Å². The van der Waals surface area contributed by atoms with Crippen molar-refractivity contribution in [2.45, 2.75) is 10.2 Å². The van der Waals surface area contributed by atoms with Gasteiger partial charge in [-0.05, 0) is 33.8 Å². The van der Waals surface area contributed by atoms with Gasteiger partial charge in [0.2, 0.25) is 0 Å².